The van der Waals surface area contributed by atoms with E-state index in [2.05, 4.69) is 0 Å². The first-order chi connectivity index (χ1) is 18.3. The highest BCUT2D eigenvalue weighted by atomic mass is 16.8. The highest BCUT2D eigenvalue weighted by Crippen LogP contribution is 2.42. The monoisotopic (exact) mass is 522 g/mol. The summed E-state index contributed by atoms with van der Waals surface area (Å²) in [7, 11) is 1.57. The van der Waals surface area contributed by atoms with Gasteiger partial charge in [0.1, 0.15) is 23.7 Å². The van der Waals surface area contributed by atoms with Crippen LogP contribution in [0.4, 0.5) is 0 Å². The molecule has 3 aromatic rings. The maximum Gasteiger partial charge on any atom is 0.303 e. The SMILES string of the molecule is COc1ccc(O[C@@H]2O[C@@H]3CO[C@@](C)(c4cccc5ccccc45)O[C@H]3[C@H](OC(C)=O)[C@H]2OC(C)=O)cc1. The molecule has 2 saturated heterocycles. The third-order valence-corrected chi connectivity index (χ3v) is 6.67. The van der Waals surface area contributed by atoms with Crippen LogP contribution in [0.25, 0.3) is 10.8 Å². The Labute approximate surface area is 220 Å². The van der Waals surface area contributed by atoms with Crippen molar-refractivity contribution < 1.29 is 42.7 Å². The largest absolute Gasteiger partial charge is 0.497 e. The maximum atomic E-state index is 12.2. The van der Waals surface area contributed by atoms with Crippen molar-refractivity contribution in [3.05, 3.63) is 72.3 Å². The second-order valence-electron chi connectivity index (χ2n) is 9.35. The second-order valence-corrected chi connectivity index (χ2v) is 9.35. The minimum absolute atomic E-state index is 0.122. The number of hydrogen-bond donors (Lipinski definition) is 0. The first-order valence-electron chi connectivity index (χ1n) is 12.4. The fourth-order valence-electron chi connectivity index (χ4n) is 4.98. The number of fused-ring (bicyclic) bond motifs is 2. The van der Waals surface area contributed by atoms with Crippen LogP contribution in [0.3, 0.4) is 0 Å². The molecule has 0 bridgehead atoms. The van der Waals surface area contributed by atoms with Crippen molar-refractivity contribution >= 4 is 22.7 Å². The van der Waals surface area contributed by atoms with Crippen molar-refractivity contribution in [2.24, 2.45) is 0 Å². The first kappa shape index (κ1) is 26.0. The van der Waals surface area contributed by atoms with Gasteiger partial charge in [-0.2, -0.15) is 0 Å². The van der Waals surface area contributed by atoms with Crippen LogP contribution in [0.2, 0.25) is 0 Å². The Morgan fingerprint density at radius 3 is 2.24 bits per heavy atom. The normalized spacial score (nSPS) is 28.7. The van der Waals surface area contributed by atoms with Crippen LogP contribution in [0.1, 0.15) is 26.3 Å². The molecule has 2 heterocycles. The molecular weight excluding hydrogens is 492 g/mol. The van der Waals surface area contributed by atoms with Crippen molar-refractivity contribution in [1.29, 1.82) is 0 Å². The molecule has 6 atom stereocenters. The Bertz CT molecular complexity index is 1300. The quantitative estimate of drug-likeness (QED) is 0.443. The fourth-order valence-corrected chi connectivity index (χ4v) is 4.98. The van der Waals surface area contributed by atoms with Gasteiger partial charge in [-0.15, -0.1) is 0 Å². The van der Waals surface area contributed by atoms with Gasteiger partial charge in [-0.1, -0.05) is 42.5 Å². The zero-order chi connectivity index (χ0) is 26.9. The van der Waals surface area contributed by atoms with Gasteiger partial charge in [-0.3, -0.25) is 9.59 Å². The molecule has 0 saturated carbocycles. The van der Waals surface area contributed by atoms with Gasteiger partial charge in [-0.05, 0) is 42.0 Å². The van der Waals surface area contributed by atoms with Crippen molar-refractivity contribution in [2.75, 3.05) is 13.7 Å². The van der Waals surface area contributed by atoms with Gasteiger partial charge >= 0.3 is 11.9 Å². The molecule has 0 amide bonds. The van der Waals surface area contributed by atoms with Gasteiger partial charge in [-0.25, -0.2) is 0 Å². The summed E-state index contributed by atoms with van der Waals surface area (Å²) in [6, 6.07) is 20.7. The summed E-state index contributed by atoms with van der Waals surface area (Å²) in [5.74, 6) is -1.22. The van der Waals surface area contributed by atoms with Crippen LogP contribution in [-0.4, -0.2) is 56.4 Å². The van der Waals surface area contributed by atoms with E-state index in [0.717, 1.165) is 16.3 Å². The third kappa shape index (κ3) is 5.18. The molecule has 2 aliphatic heterocycles. The molecule has 0 unspecified atom stereocenters. The van der Waals surface area contributed by atoms with Crippen LogP contribution in [0.5, 0.6) is 11.5 Å². The minimum atomic E-state index is -1.19. The van der Waals surface area contributed by atoms with E-state index in [-0.39, 0.29) is 6.61 Å². The number of esters is 2. The van der Waals surface area contributed by atoms with Crippen molar-refractivity contribution in [3.63, 3.8) is 0 Å². The predicted octanol–water partition coefficient (Wildman–Crippen LogP) is 4.10. The van der Waals surface area contributed by atoms with E-state index in [1.807, 2.05) is 49.4 Å². The van der Waals surface area contributed by atoms with Gasteiger partial charge in [0.05, 0.1) is 13.7 Å². The lowest BCUT2D eigenvalue weighted by Gasteiger charge is -2.50. The summed E-state index contributed by atoms with van der Waals surface area (Å²) >= 11 is 0. The van der Waals surface area contributed by atoms with Crippen LogP contribution in [0.15, 0.2) is 66.7 Å². The molecule has 9 heteroatoms. The lowest BCUT2D eigenvalue weighted by Crippen LogP contribution is -2.66. The molecule has 2 aliphatic rings. The molecule has 5 rings (SSSR count). The smallest absolute Gasteiger partial charge is 0.303 e. The summed E-state index contributed by atoms with van der Waals surface area (Å²) in [6.07, 6.45) is -4.69. The van der Waals surface area contributed by atoms with Gasteiger partial charge in [0.15, 0.2) is 11.9 Å². The Morgan fingerprint density at radius 1 is 0.868 bits per heavy atom. The number of carbonyl (C=O) groups excluding carboxylic acids is 2. The van der Waals surface area contributed by atoms with Crippen LogP contribution < -0.4 is 9.47 Å². The van der Waals surface area contributed by atoms with Gasteiger partial charge in [0, 0.05) is 19.4 Å². The summed E-state index contributed by atoms with van der Waals surface area (Å²) < 4.78 is 41.6. The average molecular weight is 523 g/mol. The van der Waals surface area contributed by atoms with Crippen LogP contribution in [0, 0.1) is 0 Å². The molecular formula is C29H30O9. The number of rotatable bonds is 6. The molecule has 0 radical (unpaired) electrons. The van der Waals surface area contributed by atoms with E-state index in [4.69, 9.17) is 33.2 Å². The molecule has 0 spiro atoms. The number of ether oxygens (including phenoxy) is 7. The molecule has 0 aromatic heterocycles. The van der Waals surface area contributed by atoms with Crippen LogP contribution >= 0.6 is 0 Å². The van der Waals surface area contributed by atoms with Gasteiger partial charge in [0.25, 0.3) is 0 Å². The zero-order valence-electron chi connectivity index (χ0n) is 21.6. The molecule has 0 N–H and O–H groups in total. The topological polar surface area (TPSA) is 98.8 Å². The van der Waals surface area contributed by atoms with Gasteiger partial charge in [0.2, 0.25) is 12.4 Å². The molecule has 9 nitrogen and oxygen atoms in total. The highest BCUT2D eigenvalue weighted by molar-refractivity contribution is 5.86. The van der Waals surface area contributed by atoms with Crippen molar-refractivity contribution in [3.8, 4) is 11.5 Å². The maximum absolute atomic E-state index is 12.2. The summed E-state index contributed by atoms with van der Waals surface area (Å²) in [5.41, 5.74) is 0.816. The van der Waals surface area contributed by atoms with E-state index >= 15 is 0 Å². The Balaban J connectivity index is 1.48. The van der Waals surface area contributed by atoms with E-state index in [9.17, 15) is 9.59 Å². The third-order valence-electron chi connectivity index (χ3n) is 6.67. The molecule has 3 aromatic carbocycles. The predicted molar refractivity (Wildman–Crippen MR) is 136 cm³/mol. The summed E-state index contributed by atoms with van der Waals surface area (Å²) in [5, 5.41) is 2.00. The fraction of sp³-hybridized carbons (Fsp3) is 0.379. The second kappa shape index (κ2) is 10.6. The standard InChI is InChI=1S/C29H30O9/c1-17(30)34-26-25-24(16-33-29(3,38-25)23-11-7-9-19-8-5-6-10-22(19)23)37-28(27(26)35-18(2)31)36-21-14-12-20(32-4)13-15-21/h5-15,24-28H,16H2,1-4H3/t24-,25-,26+,27-,28-,29-/m1/s1. The zero-order valence-corrected chi connectivity index (χ0v) is 21.6. The number of hydrogen-bond acceptors (Lipinski definition) is 9. The Morgan fingerprint density at radius 2 is 1.53 bits per heavy atom. The lowest BCUT2D eigenvalue weighted by atomic mass is 9.93. The van der Waals surface area contributed by atoms with Crippen molar-refractivity contribution in [1.82, 2.24) is 0 Å². The number of methoxy groups -OCH3 is 1. The van der Waals surface area contributed by atoms with Crippen LogP contribution in [-0.2, 0) is 39.1 Å². The highest BCUT2D eigenvalue weighted by Gasteiger charge is 2.56. The molecule has 38 heavy (non-hydrogen) atoms. The molecule has 2 fully saturated rings. The summed E-state index contributed by atoms with van der Waals surface area (Å²) in [4.78, 5) is 24.3. The molecule has 0 aliphatic carbocycles. The summed E-state index contributed by atoms with van der Waals surface area (Å²) in [6.45, 7) is 4.50. The van der Waals surface area contributed by atoms with Gasteiger partial charge < -0.3 is 33.2 Å². The van der Waals surface area contributed by atoms with Crippen molar-refractivity contribution in [2.45, 2.75) is 57.3 Å². The number of carbonyl (C=O) groups is 2. The first-order valence-corrected chi connectivity index (χ1v) is 12.4. The average Bonchev–Trinajstić information content (AvgIpc) is 2.90. The van der Waals surface area contributed by atoms with E-state index in [1.165, 1.54) is 13.8 Å². The molecule has 200 valence electrons. The van der Waals surface area contributed by atoms with E-state index in [1.54, 1.807) is 31.4 Å². The number of benzene rings is 3. The minimum Gasteiger partial charge on any atom is -0.497 e. The van der Waals surface area contributed by atoms with E-state index < -0.39 is 48.4 Å². The lowest BCUT2D eigenvalue weighted by molar-refractivity contribution is -0.384. The Kier molecular flexibility index (Phi) is 7.25. The Hall–Kier alpha value is -3.66. The van der Waals surface area contributed by atoms with E-state index in [0.29, 0.717) is 11.5 Å².